The van der Waals surface area contributed by atoms with E-state index < -0.39 is 6.10 Å². The number of carbonyl (C=O) groups excluding carboxylic acids is 1. The quantitative estimate of drug-likeness (QED) is 0.730. The Morgan fingerprint density at radius 3 is 2.84 bits per heavy atom. The summed E-state index contributed by atoms with van der Waals surface area (Å²) >= 11 is 6.10. The van der Waals surface area contributed by atoms with Gasteiger partial charge in [-0.05, 0) is 30.7 Å². The number of anilines is 1. The van der Waals surface area contributed by atoms with Gasteiger partial charge in [-0.15, -0.1) is 0 Å². The van der Waals surface area contributed by atoms with E-state index in [-0.39, 0.29) is 5.91 Å². The maximum atomic E-state index is 12.6. The van der Waals surface area contributed by atoms with Crippen molar-refractivity contribution in [2.45, 2.75) is 19.4 Å². The van der Waals surface area contributed by atoms with Gasteiger partial charge in [-0.3, -0.25) is 9.78 Å². The molecular formula is C18H17ClN4O2. The number of benzene rings is 1. The molecule has 2 aromatic heterocycles. The molecular weight excluding hydrogens is 340 g/mol. The van der Waals surface area contributed by atoms with Gasteiger partial charge in [0.2, 0.25) is 0 Å². The fourth-order valence-corrected chi connectivity index (χ4v) is 2.50. The van der Waals surface area contributed by atoms with Crippen LogP contribution in [0, 0.1) is 0 Å². The van der Waals surface area contributed by atoms with Crippen LogP contribution in [-0.4, -0.2) is 26.8 Å². The van der Waals surface area contributed by atoms with Gasteiger partial charge >= 0.3 is 0 Å². The molecule has 1 N–H and O–H groups in total. The predicted molar refractivity (Wildman–Crippen MR) is 96.1 cm³/mol. The Morgan fingerprint density at radius 2 is 2.12 bits per heavy atom. The summed E-state index contributed by atoms with van der Waals surface area (Å²) in [6.07, 6.45) is 6.50. The molecule has 3 rings (SSSR count). The van der Waals surface area contributed by atoms with E-state index in [4.69, 9.17) is 16.3 Å². The fraction of sp³-hybridized carbons (Fsp3) is 0.167. The summed E-state index contributed by atoms with van der Waals surface area (Å²) in [6.45, 7) is 1.87. The molecule has 3 aromatic rings. The number of halogens is 1. The summed E-state index contributed by atoms with van der Waals surface area (Å²) in [5, 5.41) is 7.51. The molecule has 0 aliphatic rings. The molecule has 0 radical (unpaired) electrons. The lowest BCUT2D eigenvalue weighted by molar-refractivity contribution is -0.122. The maximum absolute atomic E-state index is 12.6. The summed E-state index contributed by atoms with van der Waals surface area (Å²) in [6, 6.07) is 10.7. The standard InChI is InChI=1S/C18H17ClN4O2/c1-2-16(25-17-7-4-3-6-13(17)19)18(24)22-14-12-20-10-8-15(14)23-11-5-9-21-23/h3-12,16H,2H2,1H3,(H,22,24)/t16-/m0/s1. The van der Waals surface area contributed by atoms with E-state index in [0.29, 0.717) is 22.9 Å². The molecule has 0 aliphatic carbocycles. The van der Waals surface area contributed by atoms with Gasteiger partial charge in [0.05, 0.1) is 22.6 Å². The highest BCUT2D eigenvalue weighted by Gasteiger charge is 2.21. The van der Waals surface area contributed by atoms with Gasteiger partial charge in [0.1, 0.15) is 5.75 Å². The van der Waals surface area contributed by atoms with Crippen molar-refractivity contribution in [2.24, 2.45) is 0 Å². The zero-order valence-electron chi connectivity index (χ0n) is 13.6. The molecule has 128 valence electrons. The number of carbonyl (C=O) groups is 1. The SMILES string of the molecule is CC[C@H](Oc1ccccc1Cl)C(=O)Nc1cnccc1-n1cccn1. The number of pyridine rings is 1. The number of hydrogen-bond acceptors (Lipinski definition) is 4. The third-order valence-corrected chi connectivity index (χ3v) is 3.89. The molecule has 1 atom stereocenters. The fourth-order valence-electron chi connectivity index (χ4n) is 2.32. The van der Waals surface area contributed by atoms with E-state index >= 15 is 0 Å². The first-order chi connectivity index (χ1) is 12.2. The average Bonchev–Trinajstić information content (AvgIpc) is 3.16. The van der Waals surface area contributed by atoms with Crippen molar-refractivity contribution in [2.75, 3.05) is 5.32 Å². The van der Waals surface area contributed by atoms with Crippen molar-refractivity contribution in [3.05, 3.63) is 66.2 Å². The van der Waals surface area contributed by atoms with Crippen LogP contribution in [0.5, 0.6) is 5.75 Å². The second kappa shape index (κ2) is 7.81. The van der Waals surface area contributed by atoms with Crippen LogP contribution >= 0.6 is 11.6 Å². The Labute approximate surface area is 150 Å². The number of ether oxygens (including phenoxy) is 1. The van der Waals surface area contributed by atoms with Crippen LogP contribution in [0.2, 0.25) is 5.02 Å². The van der Waals surface area contributed by atoms with Crippen molar-refractivity contribution in [3.63, 3.8) is 0 Å². The number of nitrogens with one attached hydrogen (secondary N) is 1. The maximum Gasteiger partial charge on any atom is 0.265 e. The van der Waals surface area contributed by atoms with E-state index in [1.807, 2.05) is 19.1 Å². The van der Waals surface area contributed by atoms with E-state index in [1.165, 1.54) is 0 Å². The van der Waals surface area contributed by atoms with Crippen LogP contribution < -0.4 is 10.1 Å². The molecule has 0 spiro atoms. The van der Waals surface area contributed by atoms with Crippen molar-refractivity contribution < 1.29 is 9.53 Å². The van der Waals surface area contributed by atoms with E-state index in [0.717, 1.165) is 5.69 Å². The molecule has 7 heteroatoms. The first-order valence-corrected chi connectivity index (χ1v) is 8.23. The molecule has 0 aliphatic heterocycles. The van der Waals surface area contributed by atoms with Gasteiger partial charge in [-0.25, -0.2) is 4.68 Å². The number of para-hydroxylation sites is 1. The Hall–Kier alpha value is -2.86. The molecule has 25 heavy (non-hydrogen) atoms. The minimum atomic E-state index is -0.675. The Morgan fingerprint density at radius 1 is 1.28 bits per heavy atom. The lowest BCUT2D eigenvalue weighted by atomic mass is 10.2. The van der Waals surface area contributed by atoms with Crippen LogP contribution in [0.15, 0.2) is 61.2 Å². The van der Waals surface area contributed by atoms with Gasteiger partial charge in [-0.1, -0.05) is 30.7 Å². The lowest BCUT2D eigenvalue weighted by Crippen LogP contribution is -2.32. The second-order valence-corrected chi connectivity index (χ2v) is 5.69. The summed E-state index contributed by atoms with van der Waals surface area (Å²) in [5.41, 5.74) is 1.28. The lowest BCUT2D eigenvalue weighted by Gasteiger charge is -2.19. The number of nitrogens with zero attached hydrogens (tertiary/aromatic N) is 3. The molecule has 0 bridgehead atoms. The summed E-state index contributed by atoms with van der Waals surface area (Å²) in [5.74, 6) is 0.202. The third kappa shape index (κ3) is 3.97. The largest absolute Gasteiger partial charge is 0.479 e. The monoisotopic (exact) mass is 356 g/mol. The summed E-state index contributed by atoms with van der Waals surface area (Å²) in [4.78, 5) is 16.7. The van der Waals surface area contributed by atoms with Crippen LogP contribution in [-0.2, 0) is 4.79 Å². The van der Waals surface area contributed by atoms with Gasteiger partial charge < -0.3 is 10.1 Å². The highest BCUT2D eigenvalue weighted by atomic mass is 35.5. The molecule has 0 fully saturated rings. The molecule has 2 heterocycles. The Bertz CT molecular complexity index is 852. The normalized spacial score (nSPS) is 11.8. The first kappa shape index (κ1) is 17.0. The molecule has 0 saturated heterocycles. The van der Waals surface area contributed by atoms with Gasteiger partial charge in [-0.2, -0.15) is 5.10 Å². The minimum Gasteiger partial charge on any atom is -0.479 e. The zero-order chi connectivity index (χ0) is 17.6. The van der Waals surface area contributed by atoms with Crippen LogP contribution in [0.4, 0.5) is 5.69 Å². The van der Waals surface area contributed by atoms with E-state index in [2.05, 4.69) is 15.4 Å². The molecule has 0 unspecified atom stereocenters. The highest BCUT2D eigenvalue weighted by Crippen LogP contribution is 2.25. The summed E-state index contributed by atoms with van der Waals surface area (Å²) in [7, 11) is 0. The van der Waals surface area contributed by atoms with E-state index in [9.17, 15) is 4.79 Å². The number of hydrogen-bond donors (Lipinski definition) is 1. The number of aromatic nitrogens is 3. The van der Waals surface area contributed by atoms with Crippen molar-refractivity contribution in [3.8, 4) is 11.4 Å². The predicted octanol–water partition coefficient (Wildman–Crippen LogP) is 3.72. The van der Waals surface area contributed by atoms with Crippen molar-refractivity contribution in [1.82, 2.24) is 14.8 Å². The van der Waals surface area contributed by atoms with Crippen LogP contribution in [0.1, 0.15) is 13.3 Å². The topological polar surface area (TPSA) is 69.0 Å². The van der Waals surface area contributed by atoms with E-state index in [1.54, 1.807) is 53.7 Å². The number of rotatable bonds is 6. The molecule has 1 amide bonds. The minimum absolute atomic E-state index is 0.274. The summed E-state index contributed by atoms with van der Waals surface area (Å²) < 4.78 is 7.43. The Kier molecular flexibility index (Phi) is 5.30. The van der Waals surface area contributed by atoms with Gasteiger partial charge in [0.15, 0.2) is 6.10 Å². The first-order valence-electron chi connectivity index (χ1n) is 7.85. The van der Waals surface area contributed by atoms with Crippen molar-refractivity contribution in [1.29, 1.82) is 0 Å². The third-order valence-electron chi connectivity index (χ3n) is 3.58. The smallest absolute Gasteiger partial charge is 0.265 e. The average molecular weight is 357 g/mol. The van der Waals surface area contributed by atoms with Crippen LogP contribution in [0.3, 0.4) is 0 Å². The zero-order valence-corrected chi connectivity index (χ0v) is 14.3. The van der Waals surface area contributed by atoms with Gasteiger partial charge in [0.25, 0.3) is 5.91 Å². The van der Waals surface area contributed by atoms with Gasteiger partial charge in [0, 0.05) is 18.6 Å². The van der Waals surface area contributed by atoms with Crippen LogP contribution in [0.25, 0.3) is 5.69 Å². The Balaban J connectivity index is 1.78. The molecule has 0 saturated carbocycles. The molecule has 6 nitrogen and oxygen atoms in total. The molecule has 1 aromatic carbocycles. The number of amides is 1. The van der Waals surface area contributed by atoms with Crippen molar-refractivity contribution >= 4 is 23.2 Å². The highest BCUT2D eigenvalue weighted by molar-refractivity contribution is 6.32. The second-order valence-electron chi connectivity index (χ2n) is 5.28.